The van der Waals surface area contributed by atoms with Gasteiger partial charge in [-0.2, -0.15) is 0 Å². The quantitative estimate of drug-likeness (QED) is 0.242. The molecule has 2 aliphatic carbocycles. The number of fused-ring (bicyclic) bond motifs is 4. The van der Waals surface area contributed by atoms with Crippen molar-refractivity contribution in [3.63, 3.8) is 0 Å². The van der Waals surface area contributed by atoms with Gasteiger partial charge >= 0.3 is 244 Å². The third-order valence-electron chi connectivity index (χ3n) is 8.39. The minimum absolute atomic E-state index is 0. The normalized spacial score (nSPS) is 14.9. The fraction of sp³-hybridized carbons (Fsp3) is 0.257. The molecule has 204 valence electrons. The Morgan fingerprint density at radius 3 is 2.17 bits per heavy atom. The van der Waals surface area contributed by atoms with Crippen LogP contribution in [0.15, 0.2) is 84.4 Å². The molecule has 0 amide bonds. The van der Waals surface area contributed by atoms with Gasteiger partial charge in [-0.25, -0.2) is 0 Å². The Balaban J connectivity index is 0.00000185. The largest absolute Gasteiger partial charge is 1.00 e. The van der Waals surface area contributed by atoms with Crippen molar-refractivity contribution in [2.24, 2.45) is 0 Å². The van der Waals surface area contributed by atoms with E-state index in [9.17, 15) is 0 Å². The van der Waals surface area contributed by atoms with Crippen molar-refractivity contribution in [2.75, 3.05) is 0 Å². The molecular weight excluding hydrogens is 639 g/mol. The number of hydrogen-bond donors (Lipinski definition) is 0. The van der Waals surface area contributed by atoms with E-state index in [1.54, 1.807) is 20.0 Å². The van der Waals surface area contributed by atoms with Crippen molar-refractivity contribution >= 4 is 28.5 Å². The summed E-state index contributed by atoms with van der Waals surface area (Å²) in [5.74, 6) is -0.203. The number of halogens is 2. The molecule has 0 heterocycles. The zero-order valence-electron chi connectivity index (χ0n) is 24.4. The van der Waals surface area contributed by atoms with E-state index in [1.165, 1.54) is 44.1 Å². The van der Waals surface area contributed by atoms with Gasteiger partial charge in [0.05, 0.1) is 0 Å². The fourth-order valence-corrected chi connectivity index (χ4v) is 15.9. The van der Waals surface area contributed by atoms with Crippen LogP contribution in [-0.2, 0) is 28.8 Å². The summed E-state index contributed by atoms with van der Waals surface area (Å²) < 4.78 is 1.77. The predicted octanol–water partition coefficient (Wildman–Crippen LogP) is 2.11. The van der Waals surface area contributed by atoms with Gasteiger partial charge in [-0.15, -0.1) is 0 Å². The van der Waals surface area contributed by atoms with Gasteiger partial charge in [-0.05, 0) is 0 Å². The van der Waals surface area contributed by atoms with Crippen molar-refractivity contribution < 1.29 is 47.2 Å². The Bertz CT molecular complexity index is 1570. The summed E-state index contributed by atoms with van der Waals surface area (Å²) in [5.41, 5.74) is 15.1. The summed E-state index contributed by atoms with van der Waals surface area (Å²) in [7, 11) is -1.31. The summed E-state index contributed by atoms with van der Waals surface area (Å²) >= 11 is -0.573. The first-order valence-electron chi connectivity index (χ1n) is 14.2. The van der Waals surface area contributed by atoms with Crippen LogP contribution in [0.2, 0.25) is 32.7 Å². The fourth-order valence-electron chi connectivity index (χ4n) is 6.51. The first-order chi connectivity index (χ1) is 18.3. The molecule has 40 heavy (non-hydrogen) atoms. The van der Waals surface area contributed by atoms with Gasteiger partial charge in [0.1, 0.15) is 0 Å². The summed E-state index contributed by atoms with van der Waals surface area (Å²) in [4.78, 5) is 0. The molecule has 0 N–H and O–H groups in total. The van der Waals surface area contributed by atoms with Crippen LogP contribution in [0.3, 0.4) is 0 Å². The Hall–Kier alpha value is -1.48. The minimum atomic E-state index is -1.31. The molecule has 2 aliphatic rings. The zero-order valence-corrected chi connectivity index (χ0v) is 30.5. The SMILES string of the molecule is CCC1=Cc2c(-c3ccc([Si](C)(C)C)cc3)cccc2C1c1[c]([Zr+2][SiH](C)C)ccc2c1Cc1ccccc1-2.[Cl-].[Cl-]. The van der Waals surface area contributed by atoms with Crippen molar-refractivity contribution in [1.82, 2.24) is 0 Å². The monoisotopic (exact) mass is 674 g/mol. The Morgan fingerprint density at radius 2 is 1.50 bits per heavy atom. The molecule has 5 heteroatoms. The molecule has 0 bridgehead atoms. The van der Waals surface area contributed by atoms with Crippen LogP contribution in [0.5, 0.6) is 0 Å². The molecule has 1 unspecified atom stereocenters. The van der Waals surface area contributed by atoms with Gasteiger partial charge in [0.25, 0.3) is 0 Å². The second-order valence-electron chi connectivity index (χ2n) is 12.3. The third-order valence-corrected chi connectivity index (χ3v) is 19.0. The summed E-state index contributed by atoms with van der Waals surface area (Å²) in [6.45, 7) is 14.8. The smallest absolute Gasteiger partial charge is 1.00 e. The molecule has 0 aliphatic heterocycles. The molecule has 0 fully saturated rings. The average Bonchev–Trinajstić information content (AvgIpc) is 3.46. The van der Waals surface area contributed by atoms with E-state index in [2.05, 4.69) is 125 Å². The second-order valence-corrected chi connectivity index (χ2v) is 32.0. The van der Waals surface area contributed by atoms with E-state index < -0.39 is 36.4 Å². The van der Waals surface area contributed by atoms with E-state index in [-0.39, 0.29) is 24.8 Å². The van der Waals surface area contributed by atoms with Gasteiger partial charge in [-0.3, -0.25) is 0 Å². The van der Waals surface area contributed by atoms with Crippen molar-refractivity contribution in [1.29, 1.82) is 0 Å². The Labute approximate surface area is 266 Å². The summed E-state index contributed by atoms with van der Waals surface area (Å²) in [6, 6.07) is 30.7. The average molecular weight is 677 g/mol. The molecule has 0 saturated heterocycles. The number of benzene rings is 4. The van der Waals surface area contributed by atoms with Crippen LogP contribution in [0.4, 0.5) is 0 Å². The summed E-state index contributed by atoms with van der Waals surface area (Å²) in [5, 5.41) is 1.53. The standard InChI is InChI=1S/C33H31Si.C2H7Si.2ClH.Zr/c1-5-22-20-31-26(23-16-18-25(19-17-23)34(2,3)4)12-8-14-29(31)33(22)30-15-9-13-28-27-11-7-6-10-24(27)21-32(28)30;1-3-2;;;/h6-14,16-20,33H,5,21H2,1-4H3;3H,1-2H3;2*1H;/q;;;;+2/p-2. The van der Waals surface area contributed by atoms with E-state index in [0.717, 1.165) is 12.8 Å². The molecule has 6 rings (SSSR count). The Morgan fingerprint density at radius 1 is 0.800 bits per heavy atom. The second kappa shape index (κ2) is 12.4. The maximum absolute atomic E-state index is 2.57. The topological polar surface area (TPSA) is 0 Å². The van der Waals surface area contributed by atoms with E-state index in [1.807, 2.05) is 0 Å². The van der Waals surface area contributed by atoms with E-state index in [0.29, 0.717) is 5.92 Å². The van der Waals surface area contributed by atoms with Crippen molar-refractivity contribution in [3.05, 3.63) is 112 Å². The maximum Gasteiger partial charge on any atom is -1.00 e. The number of rotatable bonds is 6. The molecule has 0 radical (unpaired) electrons. The maximum atomic E-state index is 2.57. The molecule has 0 aromatic heterocycles. The molecule has 0 nitrogen and oxygen atoms in total. The van der Waals surface area contributed by atoms with E-state index in [4.69, 9.17) is 0 Å². The molecule has 0 spiro atoms. The molecule has 1 atom stereocenters. The number of allylic oxidation sites excluding steroid dienone is 1. The predicted molar refractivity (Wildman–Crippen MR) is 168 cm³/mol. The van der Waals surface area contributed by atoms with Crippen LogP contribution < -0.4 is 33.3 Å². The summed E-state index contributed by atoms with van der Waals surface area (Å²) in [6.07, 6.45) is 4.76. The minimum Gasteiger partial charge on any atom is -1.00 e. The van der Waals surface area contributed by atoms with Gasteiger partial charge in [0.15, 0.2) is 0 Å². The van der Waals surface area contributed by atoms with Crippen molar-refractivity contribution in [3.8, 4) is 22.3 Å². The van der Waals surface area contributed by atoms with Crippen LogP contribution in [-0.4, -0.2) is 14.0 Å². The van der Waals surface area contributed by atoms with Gasteiger partial charge in [0.2, 0.25) is 0 Å². The first-order valence-corrected chi connectivity index (χ1v) is 26.1. The van der Waals surface area contributed by atoms with Crippen LogP contribution >= 0.6 is 0 Å². The Kier molecular flexibility index (Phi) is 9.75. The van der Waals surface area contributed by atoms with Crippen LogP contribution in [0.25, 0.3) is 28.3 Å². The van der Waals surface area contributed by atoms with Gasteiger partial charge in [-0.1, -0.05) is 0 Å². The zero-order chi connectivity index (χ0) is 26.6. The third kappa shape index (κ3) is 5.62. The molecule has 4 aromatic carbocycles. The molecular formula is C35H38Cl2Si2Zr. The molecule has 4 aromatic rings. The van der Waals surface area contributed by atoms with E-state index >= 15 is 0 Å². The van der Waals surface area contributed by atoms with Gasteiger partial charge < -0.3 is 24.8 Å². The van der Waals surface area contributed by atoms with Crippen LogP contribution in [0, 0.1) is 0 Å². The van der Waals surface area contributed by atoms with Crippen LogP contribution in [0.1, 0.15) is 47.1 Å². The molecule has 0 saturated carbocycles. The number of hydrogen-bond acceptors (Lipinski definition) is 0. The first kappa shape index (κ1) is 31.5. The van der Waals surface area contributed by atoms with Gasteiger partial charge in [0, 0.05) is 0 Å². The van der Waals surface area contributed by atoms with Crippen molar-refractivity contribution in [2.45, 2.75) is 58.4 Å².